The van der Waals surface area contributed by atoms with Gasteiger partial charge in [-0.2, -0.15) is 0 Å². The van der Waals surface area contributed by atoms with Gasteiger partial charge in [-0.15, -0.1) is 11.3 Å². The highest BCUT2D eigenvalue weighted by Gasteiger charge is 2.50. The summed E-state index contributed by atoms with van der Waals surface area (Å²) in [5, 5.41) is 9.64. The first-order chi connectivity index (χ1) is 17.4. The molecule has 1 spiro atoms. The second-order valence-corrected chi connectivity index (χ2v) is 11.2. The zero-order valence-corrected chi connectivity index (χ0v) is 21.4. The highest BCUT2D eigenvalue weighted by atomic mass is 32.1. The molecule has 1 aromatic carbocycles. The number of nitrogens with zero attached hydrogens (tertiary/aromatic N) is 2. The van der Waals surface area contributed by atoms with Crippen molar-refractivity contribution in [2.75, 3.05) is 38.0 Å². The van der Waals surface area contributed by atoms with Crippen LogP contribution in [0.3, 0.4) is 0 Å². The van der Waals surface area contributed by atoms with Crippen molar-refractivity contribution in [3.63, 3.8) is 0 Å². The van der Waals surface area contributed by atoms with E-state index in [-0.39, 0.29) is 36.2 Å². The number of thiophene rings is 1. The Morgan fingerprint density at radius 2 is 1.94 bits per heavy atom. The summed E-state index contributed by atoms with van der Waals surface area (Å²) in [6.07, 6.45) is 4.41. The number of piperidine rings is 2. The molecule has 1 unspecified atom stereocenters. The summed E-state index contributed by atoms with van der Waals surface area (Å²) < 4.78 is 0.963. The van der Waals surface area contributed by atoms with Crippen molar-refractivity contribution in [2.24, 2.45) is 5.41 Å². The van der Waals surface area contributed by atoms with Crippen molar-refractivity contribution in [1.29, 1.82) is 0 Å². The molecule has 0 bridgehead atoms. The summed E-state index contributed by atoms with van der Waals surface area (Å²) in [6.45, 7) is 5.32. The molecule has 192 valence electrons. The molecule has 0 radical (unpaired) electrons. The number of anilines is 1. The molecule has 36 heavy (non-hydrogen) atoms. The fourth-order valence-corrected chi connectivity index (χ4v) is 6.91. The molecular weight excluding hydrogens is 478 g/mol. The number of urea groups is 1. The van der Waals surface area contributed by atoms with Crippen LogP contribution in [0, 0.1) is 5.41 Å². The number of nitrogens with one attached hydrogen (secondary N) is 3. The summed E-state index contributed by atoms with van der Waals surface area (Å²) in [6, 6.07) is 7.73. The third-order valence-corrected chi connectivity index (χ3v) is 8.77. The SMILES string of the molecule is CCCNC(=O)Nc1sc2ccccc2c1C(=O)N1CCC(N2CCCC3(CC(=O)NC3=O)C2)CC1. The molecule has 10 heteroatoms. The lowest BCUT2D eigenvalue weighted by atomic mass is 9.77. The second-order valence-electron chi connectivity index (χ2n) is 10.1. The molecule has 1 aromatic heterocycles. The molecule has 2 aromatic rings. The zero-order chi connectivity index (χ0) is 25.3. The van der Waals surface area contributed by atoms with Gasteiger partial charge in [0.05, 0.1) is 11.0 Å². The number of fused-ring (bicyclic) bond motifs is 1. The average molecular weight is 512 g/mol. The van der Waals surface area contributed by atoms with E-state index in [1.54, 1.807) is 0 Å². The number of carbonyl (C=O) groups is 4. The van der Waals surface area contributed by atoms with E-state index in [0.717, 1.165) is 48.7 Å². The molecule has 4 heterocycles. The molecule has 0 saturated carbocycles. The van der Waals surface area contributed by atoms with E-state index < -0.39 is 5.41 Å². The first kappa shape index (κ1) is 24.7. The van der Waals surface area contributed by atoms with Crippen molar-refractivity contribution >= 4 is 50.2 Å². The minimum Gasteiger partial charge on any atom is -0.338 e. The minimum absolute atomic E-state index is 0.0624. The van der Waals surface area contributed by atoms with Crippen LogP contribution in [-0.2, 0) is 9.59 Å². The van der Waals surface area contributed by atoms with Gasteiger partial charge in [-0.05, 0) is 44.7 Å². The number of hydrogen-bond donors (Lipinski definition) is 3. The molecule has 9 nitrogen and oxygen atoms in total. The van der Waals surface area contributed by atoms with Gasteiger partial charge in [-0.25, -0.2) is 4.79 Å². The number of likely N-dealkylation sites (tertiary alicyclic amines) is 2. The highest BCUT2D eigenvalue weighted by molar-refractivity contribution is 7.23. The Bertz CT molecular complexity index is 1190. The van der Waals surface area contributed by atoms with Gasteiger partial charge in [0.15, 0.2) is 0 Å². The number of benzene rings is 1. The quantitative estimate of drug-likeness (QED) is 0.534. The summed E-state index contributed by atoms with van der Waals surface area (Å²) in [4.78, 5) is 54.7. The monoisotopic (exact) mass is 511 g/mol. The van der Waals surface area contributed by atoms with E-state index in [4.69, 9.17) is 0 Å². The maximum absolute atomic E-state index is 13.7. The lowest BCUT2D eigenvalue weighted by Gasteiger charge is -2.44. The van der Waals surface area contributed by atoms with Crippen molar-refractivity contribution in [3.8, 4) is 0 Å². The largest absolute Gasteiger partial charge is 0.338 e. The van der Waals surface area contributed by atoms with Gasteiger partial charge in [0, 0.05) is 48.7 Å². The minimum atomic E-state index is -0.587. The molecule has 0 aliphatic carbocycles. The zero-order valence-electron chi connectivity index (χ0n) is 20.6. The van der Waals surface area contributed by atoms with Gasteiger partial charge in [0.2, 0.25) is 11.8 Å². The van der Waals surface area contributed by atoms with Crippen LogP contribution in [0.25, 0.3) is 10.1 Å². The molecule has 5 amide bonds. The second kappa shape index (κ2) is 10.2. The smallest absolute Gasteiger partial charge is 0.319 e. The topological polar surface area (TPSA) is 111 Å². The number of carbonyl (C=O) groups excluding carboxylic acids is 4. The van der Waals surface area contributed by atoms with Gasteiger partial charge in [-0.1, -0.05) is 25.1 Å². The number of imide groups is 1. The Hall–Kier alpha value is -2.98. The Labute approximate surface area is 214 Å². The highest BCUT2D eigenvalue weighted by Crippen LogP contribution is 2.40. The van der Waals surface area contributed by atoms with Crippen LogP contribution in [0.2, 0.25) is 0 Å². The normalized spacial score (nSPS) is 23.3. The summed E-state index contributed by atoms with van der Waals surface area (Å²) in [5.74, 6) is -0.359. The van der Waals surface area contributed by atoms with Crippen molar-refractivity contribution in [1.82, 2.24) is 20.4 Å². The predicted octanol–water partition coefficient (Wildman–Crippen LogP) is 3.17. The van der Waals surface area contributed by atoms with E-state index in [9.17, 15) is 19.2 Å². The van der Waals surface area contributed by atoms with Crippen LogP contribution in [0.4, 0.5) is 9.80 Å². The third kappa shape index (κ3) is 4.71. The van der Waals surface area contributed by atoms with E-state index in [2.05, 4.69) is 20.9 Å². The first-order valence-corrected chi connectivity index (χ1v) is 13.7. The standard InChI is InChI=1S/C26H33N5O4S/c1-2-11-27-25(35)29-22-21(18-6-3-4-7-19(18)36-22)23(33)30-13-8-17(9-14-30)31-12-5-10-26(16-31)15-20(32)28-24(26)34/h3-4,6-7,17H,2,5,8-16H2,1H3,(H2,27,29,35)(H,28,32,34). The molecule has 3 aliphatic rings. The van der Waals surface area contributed by atoms with Crippen LogP contribution in [0.1, 0.15) is 55.8 Å². The van der Waals surface area contributed by atoms with Crippen molar-refractivity contribution in [2.45, 2.75) is 51.5 Å². The number of hydrogen-bond acceptors (Lipinski definition) is 6. The Kier molecular flexibility index (Phi) is 6.98. The molecule has 5 rings (SSSR count). The molecule has 3 aliphatic heterocycles. The molecule has 3 fully saturated rings. The lowest BCUT2D eigenvalue weighted by molar-refractivity contribution is -0.131. The van der Waals surface area contributed by atoms with Crippen LogP contribution in [-0.4, -0.2) is 72.3 Å². The van der Waals surface area contributed by atoms with E-state index >= 15 is 0 Å². The van der Waals surface area contributed by atoms with Gasteiger partial charge in [-0.3, -0.25) is 29.9 Å². The van der Waals surface area contributed by atoms with E-state index in [1.165, 1.54) is 11.3 Å². The van der Waals surface area contributed by atoms with Gasteiger partial charge < -0.3 is 10.2 Å². The Morgan fingerprint density at radius 3 is 2.67 bits per heavy atom. The van der Waals surface area contributed by atoms with Gasteiger partial charge in [0.25, 0.3) is 5.91 Å². The van der Waals surface area contributed by atoms with Gasteiger partial charge >= 0.3 is 6.03 Å². The molecule has 3 saturated heterocycles. The predicted molar refractivity (Wildman–Crippen MR) is 139 cm³/mol. The van der Waals surface area contributed by atoms with Crippen LogP contribution in [0.15, 0.2) is 24.3 Å². The lowest BCUT2D eigenvalue weighted by Crippen LogP contribution is -2.54. The van der Waals surface area contributed by atoms with Crippen LogP contribution in [0.5, 0.6) is 0 Å². The maximum atomic E-state index is 13.7. The van der Waals surface area contributed by atoms with E-state index in [1.807, 2.05) is 36.1 Å². The molecule has 1 atom stereocenters. The summed E-state index contributed by atoms with van der Waals surface area (Å²) >= 11 is 1.42. The van der Waals surface area contributed by atoms with Crippen molar-refractivity contribution in [3.05, 3.63) is 29.8 Å². The fourth-order valence-electron chi connectivity index (χ4n) is 5.82. The molecule has 3 N–H and O–H groups in total. The van der Waals surface area contributed by atoms with Crippen LogP contribution < -0.4 is 16.0 Å². The maximum Gasteiger partial charge on any atom is 0.319 e. The third-order valence-electron chi connectivity index (χ3n) is 7.68. The molecular formula is C26H33N5O4S. The number of rotatable bonds is 5. The van der Waals surface area contributed by atoms with E-state index in [0.29, 0.717) is 36.7 Å². The van der Waals surface area contributed by atoms with Gasteiger partial charge in [0.1, 0.15) is 5.00 Å². The Balaban J connectivity index is 1.28. The summed E-state index contributed by atoms with van der Waals surface area (Å²) in [7, 11) is 0. The average Bonchev–Trinajstić information content (AvgIpc) is 3.37. The van der Waals surface area contributed by atoms with Crippen molar-refractivity contribution < 1.29 is 19.2 Å². The number of amides is 5. The summed E-state index contributed by atoms with van der Waals surface area (Å²) in [5.41, 5.74) is -0.0321. The fraction of sp³-hybridized carbons (Fsp3) is 0.538. The Morgan fingerprint density at radius 1 is 1.17 bits per heavy atom. The van der Waals surface area contributed by atoms with Crippen LogP contribution >= 0.6 is 11.3 Å². The first-order valence-electron chi connectivity index (χ1n) is 12.8.